The molecule has 1 N–H and O–H groups in total. The molecule has 150 valence electrons. The van der Waals surface area contributed by atoms with Crippen molar-refractivity contribution in [3.8, 4) is 16.9 Å². The van der Waals surface area contributed by atoms with Gasteiger partial charge in [0.05, 0.1) is 13.0 Å². The van der Waals surface area contributed by atoms with E-state index in [9.17, 15) is 4.79 Å². The van der Waals surface area contributed by atoms with Crippen LogP contribution in [0.2, 0.25) is 0 Å². The van der Waals surface area contributed by atoms with Crippen LogP contribution in [0.25, 0.3) is 11.1 Å². The third kappa shape index (κ3) is 5.35. The van der Waals surface area contributed by atoms with Gasteiger partial charge in [-0.15, -0.1) is 0 Å². The Balaban J connectivity index is 1.68. The fourth-order valence-corrected chi connectivity index (χ4v) is 3.76. The van der Waals surface area contributed by atoms with Crippen LogP contribution in [0, 0.1) is 11.8 Å². The van der Waals surface area contributed by atoms with Crippen LogP contribution in [0.5, 0.6) is 5.75 Å². The number of carbonyl (C=O) groups is 1. The third-order valence-corrected chi connectivity index (χ3v) is 5.48. The predicted octanol–water partition coefficient (Wildman–Crippen LogP) is 5.06. The number of para-hydroxylation sites is 1. The van der Waals surface area contributed by atoms with E-state index in [2.05, 4.69) is 24.1 Å². The number of nitrogens with zero attached hydrogens (tertiary/aromatic N) is 1. The normalized spacial score (nSPS) is 17.5. The van der Waals surface area contributed by atoms with E-state index in [1.54, 1.807) is 7.11 Å². The maximum atomic E-state index is 13.0. The summed E-state index contributed by atoms with van der Waals surface area (Å²) >= 11 is 0. The molecule has 2 aromatic rings. The van der Waals surface area contributed by atoms with Crippen molar-refractivity contribution in [1.82, 2.24) is 4.90 Å². The zero-order valence-electron chi connectivity index (χ0n) is 17.3. The molecular weight excluding hydrogens is 348 g/mol. The van der Waals surface area contributed by atoms with Crippen molar-refractivity contribution in [3.05, 3.63) is 48.5 Å². The van der Waals surface area contributed by atoms with E-state index in [0.29, 0.717) is 5.92 Å². The summed E-state index contributed by atoms with van der Waals surface area (Å²) in [5, 5.41) is 3.20. The summed E-state index contributed by atoms with van der Waals surface area (Å²) in [5.41, 5.74) is 2.97. The van der Waals surface area contributed by atoms with Gasteiger partial charge in [0, 0.05) is 17.8 Å². The molecule has 0 aliphatic carbocycles. The smallest absolute Gasteiger partial charge is 0.228 e. The number of hydrogen-bond donors (Lipinski definition) is 1. The summed E-state index contributed by atoms with van der Waals surface area (Å²) < 4.78 is 5.25. The van der Waals surface area contributed by atoms with Crippen molar-refractivity contribution in [2.45, 2.75) is 33.1 Å². The highest BCUT2D eigenvalue weighted by atomic mass is 16.5. The van der Waals surface area contributed by atoms with Gasteiger partial charge >= 0.3 is 0 Å². The molecule has 0 aromatic heterocycles. The van der Waals surface area contributed by atoms with Crippen molar-refractivity contribution in [1.29, 1.82) is 0 Å². The highest BCUT2D eigenvalue weighted by Crippen LogP contribution is 2.30. The van der Waals surface area contributed by atoms with Crippen LogP contribution in [0.15, 0.2) is 48.5 Å². The molecule has 4 heteroatoms. The van der Waals surface area contributed by atoms with Crippen molar-refractivity contribution in [2.24, 2.45) is 11.8 Å². The Kier molecular flexibility index (Phi) is 7.10. The zero-order chi connectivity index (χ0) is 19.9. The van der Waals surface area contributed by atoms with Gasteiger partial charge < -0.3 is 15.0 Å². The molecule has 0 bridgehead atoms. The summed E-state index contributed by atoms with van der Waals surface area (Å²) in [7, 11) is 1.66. The molecule has 1 atom stereocenters. The van der Waals surface area contributed by atoms with Gasteiger partial charge in [0.25, 0.3) is 0 Å². The van der Waals surface area contributed by atoms with Crippen molar-refractivity contribution in [3.63, 3.8) is 0 Å². The largest absolute Gasteiger partial charge is 0.497 e. The van der Waals surface area contributed by atoms with Crippen molar-refractivity contribution >= 4 is 11.6 Å². The Labute approximate surface area is 168 Å². The Morgan fingerprint density at radius 2 is 1.93 bits per heavy atom. The van der Waals surface area contributed by atoms with Gasteiger partial charge in [-0.3, -0.25) is 4.79 Å². The van der Waals surface area contributed by atoms with E-state index in [-0.39, 0.29) is 11.8 Å². The minimum atomic E-state index is 0.0600. The SMILES string of the molecule is COc1ccc(-c2ccccc2NC(=O)[C@H]2CCCN(CCC(C)C)C2)cc1. The fraction of sp³-hybridized carbons (Fsp3) is 0.458. The maximum Gasteiger partial charge on any atom is 0.228 e. The second-order valence-corrected chi connectivity index (χ2v) is 8.09. The molecule has 3 rings (SSSR count). The number of nitrogens with one attached hydrogen (secondary N) is 1. The fourth-order valence-electron chi connectivity index (χ4n) is 3.76. The maximum absolute atomic E-state index is 13.0. The number of piperidine rings is 1. The van der Waals surface area contributed by atoms with Crippen LogP contribution in [0.1, 0.15) is 33.1 Å². The molecule has 4 nitrogen and oxygen atoms in total. The first-order valence-corrected chi connectivity index (χ1v) is 10.3. The Morgan fingerprint density at radius 3 is 2.64 bits per heavy atom. The van der Waals surface area contributed by atoms with E-state index in [0.717, 1.165) is 55.0 Å². The average Bonchev–Trinajstić information content (AvgIpc) is 2.73. The lowest BCUT2D eigenvalue weighted by atomic mass is 9.96. The number of rotatable bonds is 7. The summed E-state index contributed by atoms with van der Waals surface area (Å²) in [6, 6.07) is 15.9. The van der Waals surface area contributed by atoms with Crippen molar-refractivity contribution in [2.75, 3.05) is 32.1 Å². The van der Waals surface area contributed by atoms with Crippen LogP contribution in [-0.2, 0) is 4.79 Å². The lowest BCUT2D eigenvalue weighted by Gasteiger charge is -2.32. The highest BCUT2D eigenvalue weighted by molar-refractivity contribution is 5.97. The number of anilines is 1. The molecule has 0 spiro atoms. The molecule has 0 radical (unpaired) electrons. The number of amides is 1. The molecular formula is C24H32N2O2. The summed E-state index contributed by atoms with van der Waals surface area (Å²) in [5.74, 6) is 1.72. The molecule has 1 fully saturated rings. The summed E-state index contributed by atoms with van der Waals surface area (Å²) in [6.45, 7) is 7.57. The summed E-state index contributed by atoms with van der Waals surface area (Å²) in [4.78, 5) is 15.4. The quantitative estimate of drug-likeness (QED) is 0.730. The number of benzene rings is 2. The van der Waals surface area contributed by atoms with Gasteiger partial charge in [0.1, 0.15) is 5.75 Å². The molecule has 1 aliphatic heterocycles. The molecule has 0 unspecified atom stereocenters. The van der Waals surface area contributed by atoms with Gasteiger partial charge in [-0.2, -0.15) is 0 Å². The van der Waals surface area contributed by atoms with E-state index in [1.807, 2.05) is 48.5 Å². The molecule has 0 saturated carbocycles. The average molecular weight is 381 g/mol. The minimum absolute atomic E-state index is 0.0600. The van der Waals surface area contributed by atoms with Crippen LogP contribution in [0.3, 0.4) is 0 Å². The number of hydrogen-bond acceptors (Lipinski definition) is 3. The predicted molar refractivity (Wildman–Crippen MR) is 116 cm³/mol. The van der Waals surface area contributed by atoms with Gasteiger partial charge in [-0.05, 0) is 62.0 Å². The number of carbonyl (C=O) groups excluding carboxylic acids is 1. The second kappa shape index (κ2) is 9.74. The van der Waals surface area contributed by atoms with Gasteiger partial charge in [-0.1, -0.05) is 44.2 Å². The van der Waals surface area contributed by atoms with Gasteiger partial charge in [0.15, 0.2) is 0 Å². The Bertz CT molecular complexity index is 770. The summed E-state index contributed by atoms with van der Waals surface area (Å²) in [6.07, 6.45) is 3.25. The first kappa shape index (κ1) is 20.4. The monoisotopic (exact) mass is 380 g/mol. The first-order valence-electron chi connectivity index (χ1n) is 10.3. The number of ether oxygens (including phenoxy) is 1. The second-order valence-electron chi connectivity index (χ2n) is 8.09. The Morgan fingerprint density at radius 1 is 1.18 bits per heavy atom. The molecule has 28 heavy (non-hydrogen) atoms. The molecule has 1 amide bonds. The molecule has 1 aliphatic rings. The van der Waals surface area contributed by atoms with E-state index < -0.39 is 0 Å². The lowest BCUT2D eigenvalue weighted by Crippen LogP contribution is -2.41. The minimum Gasteiger partial charge on any atom is -0.497 e. The Hall–Kier alpha value is -2.33. The highest BCUT2D eigenvalue weighted by Gasteiger charge is 2.26. The molecule has 1 heterocycles. The van der Waals surface area contributed by atoms with Gasteiger partial charge in [-0.25, -0.2) is 0 Å². The van der Waals surface area contributed by atoms with Crippen LogP contribution >= 0.6 is 0 Å². The number of methoxy groups -OCH3 is 1. The third-order valence-electron chi connectivity index (χ3n) is 5.48. The van der Waals surface area contributed by atoms with Crippen LogP contribution in [0.4, 0.5) is 5.69 Å². The number of likely N-dealkylation sites (tertiary alicyclic amines) is 1. The lowest BCUT2D eigenvalue weighted by molar-refractivity contribution is -0.121. The van der Waals surface area contributed by atoms with E-state index in [1.165, 1.54) is 6.42 Å². The van der Waals surface area contributed by atoms with Gasteiger partial charge in [0.2, 0.25) is 5.91 Å². The zero-order valence-corrected chi connectivity index (χ0v) is 17.3. The topological polar surface area (TPSA) is 41.6 Å². The first-order chi connectivity index (χ1) is 13.6. The molecule has 1 saturated heterocycles. The van der Waals surface area contributed by atoms with Crippen molar-refractivity contribution < 1.29 is 9.53 Å². The van der Waals surface area contributed by atoms with Crippen LogP contribution < -0.4 is 10.1 Å². The van der Waals surface area contributed by atoms with Crippen LogP contribution in [-0.4, -0.2) is 37.6 Å². The van der Waals surface area contributed by atoms with E-state index in [4.69, 9.17) is 4.74 Å². The molecule has 2 aromatic carbocycles. The van der Waals surface area contributed by atoms with E-state index >= 15 is 0 Å². The standard InChI is InChI=1S/C24H32N2O2/c1-18(2)14-16-26-15-6-7-20(17-26)24(27)25-23-9-5-4-8-22(23)19-10-12-21(28-3)13-11-19/h4-5,8-13,18,20H,6-7,14-17H2,1-3H3,(H,25,27)/t20-/m0/s1.